The lowest BCUT2D eigenvalue weighted by molar-refractivity contribution is 0.208. The summed E-state index contributed by atoms with van der Waals surface area (Å²) in [6.45, 7) is 7.35. The fourth-order valence-corrected chi connectivity index (χ4v) is 1.54. The molecule has 0 aliphatic carbocycles. The third-order valence-electron chi connectivity index (χ3n) is 2.48. The summed E-state index contributed by atoms with van der Waals surface area (Å²) in [4.78, 5) is 0. The zero-order chi connectivity index (χ0) is 12.7. The first-order valence-corrected chi connectivity index (χ1v) is 6.16. The summed E-state index contributed by atoms with van der Waals surface area (Å²) >= 11 is 0. The molecule has 0 amide bonds. The summed E-state index contributed by atoms with van der Waals surface area (Å²) in [6, 6.07) is 8.24. The number of methoxy groups -OCH3 is 1. The molecule has 1 aromatic rings. The standard InChI is InChI=1S/C14H23NO2/c1-11(2)15-9-8-12(3)17-14-7-5-6-13(10-14)16-4/h5-7,10-12,15H,8-9H2,1-4H3. The maximum absolute atomic E-state index is 5.82. The van der Waals surface area contributed by atoms with Gasteiger partial charge in [-0.1, -0.05) is 19.9 Å². The Hall–Kier alpha value is -1.22. The molecule has 1 unspecified atom stereocenters. The van der Waals surface area contributed by atoms with Crippen LogP contribution >= 0.6 is 0 Å². The predicted octanol–water partition coefficient (Wildman–Crippen LogP) is 2.85. The molecule has 96 valence electrons. The first-order chi connectivity index (χ1) is 8.11. The Morgan fingerprint density at radius 1 is 1.18 bits per heavy atom. The quantitative estimate of drug-likeness (QED) is 0.791. The SMILES string of the molecule is COc1cccc(OC(C)CCNC(C)C)c1. The lowest BCUT2D eigenvalue weighted by Crippen LogP contribution is -2.27. The lowest BCUT2D eigenvalue weighted by Gasteiger charge is -2.16. The van der Waals surface area contributed by atoms with Gasteiger partial charge in [0.25, 0.3) is 0 Å². The number of rotatable bonds is 7. The van der Waals surface area contributed by atoms with Gasteiger partial charge in [0, 0.05) is 12.1 Å². The van der Waals surface area contributed by atoms with Crippen LogP contribution < -0.4 is 14.8 Å². The number of benzene rings is 1. The van der Waals surface area contributed by atoms with E-state index in [4.69, 9.17) is 9.47 Å². The highest BCUT2D eigenvalue weighted by Gasteiger charge is 2.05. The molecule has 0 spiro atoms. The van der Waals surface area contributed by atoms with Crippen LogP contribution in [0.25, 0.3) is 0 Å². The van der Waals surface area contributed by atoms with Crippen molar-refractivity contribution in [3.8, 4) is 11.5 Å². The summed E-state index contributed by atoms with van der Waals surface area (Å²) in [5, 5.41) is 3.38. The molecule has 0 saturated carbocycles. The Morgan fingerprint density at radius 3 is 2.53 bits per heavy atom. The molecule has 3 nitrogen and oxygen atoms in total. The number of hydrogen-bond acceptors (Lipinski definition) is 3. The zero-order valence-corrected chi connectivity index (χ0v) is 11.2. The van der Waals surface area contributed by atoms with E-state index in [2.05, 4.69) is 26.1 Å². The van der Waals surface area contributed by atoms with Gasteiger partial charge in [-0.25, -0.2) is 0 Å². The van der Waals surface area contributed by atoms with E-state index in [1.54, 1.807) is 7.11 Å². The van der Waals surface area contributed by atoms with Gasteiger partial charge in [0.05, 0.1) is 13.2 Å². The highest BCUT2D eigenvalue weighted by molar-refractivity contribution is 5.32. The van der Waals surface area contributed by atoms with E-state index >= 15 is 0 Å². The fraction of sp³-hybridized carbons (Fsp3) is 0.571. The lowest BCUT2D eigenvalue weighted by atomic mass is 10.2. The Kier molecular flexibility index (Phi) is 5.84. The van der Waals surface area contributed by atoms with Crippen molar-refractivity contribution in [3.63, 3.8) is 0 Å². The number of ether oxygens (including phenoxy) is 2. The van der Waals surface area contributed by atoms with Gasteiger partial charge in [-0.15, -0.1) is 0 Å². The minimum atomic E-state index is 0.202. The normalized spacial score (nSPS) is 12.5. The van der Waals surface area contributed by atoms with Crippen molar-refractivity contribution >= 4 is 0 Å². The van der Waals surface area contributed by atoms with Crippen LogP contribution in [-0.2, 0) is 0 Å². The molecular weight excluding hydrogens is 214 g/mol. The van der Waals surface area contributed by atoms with Gasteiger partial charge in [0.1, 0.15) is 11.5 Å². The smallest absolute Gasteiger partial charge is 0.123 e. The largest absolute Gasteiger partial charge is 0.497 e. The summed E-state index contributed by atoms with van der Waals surface area (Å²) in [6.07, 6.45) is 1.20. The van der Waals surface area contributed by atoms with Crippen molar-refractivity contribution in [1.29, 1.82) is 0 Å². The molecule has 3 heteroatoms. The Labute approximate surface area is 104 Å². The average Bonchev–Trinajstić information content (AvgIpc) is 2.28. The van der Waals surface area contributed by atoms with Crippen molar-refractivity contribution in [2.24, 2.45) is 0 Å². The van der Waals surface area contributed by atoms with Crippen LogP contribution in [0.15, 0.2) is 24.3 Å². The third kappa shape index (κ3) is 5.59. The van der Waals surface area contributed by atoms with Gasteiger partial charge in [-0.05, 0) is 32.0 Å². The Balaban J connectivity index is 2.36. The molecule has 17 heavy (non-hydrogen) atoms. The van der Waals surface area contributed by atoms with Crippen LogP contribution in [0.2, 0.25) is 0 Å². The second kappa shape index (κ2) is 7.17. The van der Waals surface area contributed by atoms with E-state index in [1.807, 2.05) is 24.3 Å². The predicted molar refractivity (Wildman–Crippen MR) is 70.8 cm³/mol. The van der Waals surface area contributed by atoms with E-state index < -0.39 is 0 Å². The van der Waals surface area contributed by atoms with Crippen LogP contribution in [-0.4, -0.2) is 25.8 Å². The number of hydrogen-bond donors (Lipinski definition) is 1. The molecule has 0 aliphatic rings. The molecule has 1 N–H and O–H groups in total. The van der Waals surface area contributed by atoms with Crippen LogP contribution in [0.1, 0.15) is 27.2 Å². The van der Waals surface area contributed by atoms with Crippen molar-refractivity contribution in [1.82, 2.24) is 5.32 Å². The Bertz CT molecular complexity index is 326. The second-order valence-electron chi connectivity index (χ2n) is 4.50. The van der Waals surface area contributed by atoms with Gasteiger partial charge in [0.15, 0.2) is 0 Å². The minimum absolute atomic E-state index is 0.202. The van der Waals surface area contributed by atoms with E-state index in [0.29, 0.717) is 6.04 Å². The van der Waals surface area contributed by atoms with Crippen molar-refractivity contribution in [2.45, 2.75) is 39.3 Å². The molecule has 1 aromatic carbocycles. The summed E-state index contributed by atoms with van der Waals surface area (Å²) in [5.74, 6) is 1.69. The summed E-state index contributed by atoms with van der Waals surface area (Å²) in [5.41, 5.74) is 0. The minimum Gasteiger partial charge on any atom is -0.497 e. The fourth-order valence-electron chi connectivity index (χ4n) is 1.54. The maximum atomic E-state index is 5.82. The molecular formula is C14H23NO2. The molecule has 1 rings (SSSR count). The van der Waals surface area contributed by atoms with E-state index in [0.717, 1.165) is 24.5 Å². The van der Waals surface area contributed by atoms with E-state index in [1.165, 1.54) is 0 Å². The molecule has 0 aromatic heterocycles. The monoisotopic (exact) mass is 237 g/mol. The summed E-state index contributed by atoms with van der Waals surface area (Å²) < 4.78 is 11.0. The van der Waals surface area contributed by atoms with Crippen LogP contribution in [0.4, 0.5) is 0 Å². The molecule has 0 fully saturated rings. The number of nitrogens with one attached hydrogen (secondary N) is 1. The van der Waals surface area contributed by atoms with Crippen molar-refractivity contribution in [3.05, 3.63) is 24.3 Å². The van der Waals surface area contributed by atoms with Gasteiger partial charge < -0.3 is 14.8 Å². The molecule has 0 radical (unpaired) electrons. The molecule has 0 aliphatic heterocycles. The van der Waals surface area contributed by atoms with Gasteiger partial charge in [-0.3, -0.25) is 0 Å². The van der Waals surface area contributed by atoms with Crippen LogP contribution in [0, 0.1) is 0 Å². The average molecular weight is 237 g/mol. The van der Waals surface area contributed by atoms with Crippen LogP contribution in [0.5, 0.6) is 11.5 Å². The highest BCUT2D eigenvalue weighted by Crippen LogP contribution is 2.20. The molecule has 0 heterocycles. The summed E-state index contributed by atoms with van der Waals surface area (Å²) in [7, 11) is 1.66. The van der Waals surface area contributed by atoms with Crippen molar-refractivity contribution in [2.75, 3.05) is 13.7 Å². The third-order valence-corrected chi connectivity index (χ3v) is 2.48. The first kappa shape index (κ1) is 13.8. The second-order valence-corrected chi connectivity index (χ2v) is 4.50. The first-order valence-electron chi connectivity index (χ1n) is 6.16. The molecule has 1 atom stereocenters. The van der Waals surface area contributed by atoms with Crippen LogP contribution in [0.3, 0.4) is 0 Å². The van der Waals surface area contributed by atoms with Gasteiger partial charge in [0.2, 0.25) is 0 Å². The Morgan fingerprint density at radius 2 is 1.88 bits per heavy atom. The van der Waals surface area contributed by atoms with E-state index in [-0.39, 0.29) is 6.10 Å². The van der Waals surface area contributed by atoms with Gasteiger partial charge >= 0.3 is 0 Å². The molecule has 0 saturated heterocycles. The zero-order valence-electron chi connectivity index (χ0n) is 11.2. The van der Waals surface area contributed by atoms with Gasteiger partial charge in [-0.2, -0.15) is 0 Å². The molecule has 0 bridgehead atoms. The topological polar surface area (TPSA) is 30.5 Å². The van der Waals surface area contributed by atoms with Crippen molar-refractivity contribution < 1.29 is 9.47 Å². The maximum Gasteiger partial charge on any atom is 0.123 e. The van der Waals surface area contributed by atoms with E-state index in [9.17, 15) is 0 Å². The highest BCUT2D eigenvalue weighted by atomic mass is 16.5.